The van der Waals surface area contributed by atoms with E-state index in [9.17, 15) is 53.4 Å². The van der Waals surface area contributed by atoms with Crippen LogP contribution in [0.25, 0.3) is 33.1 Å². The number of benzene rings is 4. The number of phenolic OH excluding ortho intramolecular Hbond substituents is 1. The first kappa shape index (κ1) is 29.3. The number of phenols is 1. The SMILES string of the molecule is Fc1cccc2c1oc1c(F)c(OC(F)(F)F)ccc12.Oc1c(-c2cccc(F)c2F)ccc(OC(F)(F)F)c1F. The predicted molar refractivity (Wildman–Crippen MR) is 120 cm³/mol. The van der Waals surface area contributed by atoms with E-state index in [1.54, 1.807) is 0 Å². The van der Waals surface area contributed by atoms with Crippen LogP contribution in [0.15, 0.2) is 65.1 Å². The number of hydrogen-bond donors (Lipinski definition) is 1. The van der Waals surface area contributed by atoms with E-state index in [2.05, 4.69) is 9.47 Å². The first-order valence-corrected chi connectivity index (χ1v) is 10.8. The molecule has 0 aliphatic carbocycles. The molecule has 0 atom stereocenters. The smallest absolute Gasteiger partial charge is 0.504 e. The zero-order chi connectivity index (χ0) is 30.3. The summed E-state index contributed by atoms with van der Waals surface area (Å²) in [6.07, 6.45) is -10.2. The number of halogens is 11. The van der Waals surface area contributed by atoms with Crippen molar-refractivity contribution in [3.05, 3.63) is 89.7 Å². The van der Waals surface area contributed by atoms with Crippen LogP contribution in [0.4, 0.5) is 48.3 Å². The Morgan fingerprint density at radius 2 is 1.07 bits per heavy atom. The highest BCUT2D eigenvalue weighted by molar-refractivity contribution is 6.05. The van der Waals surface area contributed by atoms with Crippen LogP contribution in [0.1, 0.15) is 0 Å². The Bertz CT molecular complexity index is 1740. The van der Waals surface area contributed by atoms with Crippen LogP contribution in [0.2, 0.25) is 0 Å². The molecule has 1 heterocycles. The van der Waals surface area contributed by atoms with E-state index in [0.29, 0.717) is 6.07 Å². The molecule has 1 aromatic heterocycles. The molecule has 41 heavy (non-hydrogen) atoms. The summed E-state index contributed by atoms with van der Waals surface area (Å²) in [6.45, 7) is 0. The van der Waals surface area contributed by atoms with Crippen molar-refractivity contribution in [2.45, 2.75) is 12.7 Å². The van der Waals surface area contributed by atoms with Crippen molar-refractivity contribution < 1.29 is 67.3 Å². The van der Waals surface area contributed by atoms with E-state index in [4.69, 9.17) is 4.42 Å². The summed E-state index contributed by atoms with van der Waals surface area (Å²) in [5.74, 6) is -9.97. The molecule has 1 N–H and O–H groups in total. The lowest BCUT2D eigenvalue weighted by molar-refractivity contribution is -0.276. The minimum Gasteiger partial charge on any atom is -0.504 e. The topological polar surface area (TPSA) is 51.8 Å². The van der Waals surface area contributed by atoms with Crippen molar-refractivity contribution in [2.75, 3.05) is 0 Å². The van der Waals surface area contributed by atoms with Gasteiger partial charge in [0.2, 0.25) is 11.6 Å². The molecule has 0 amide bonds. The molecular weight excluding hydrogens is 585 g/mol. The first-order chi connectivity index (χ1) is 19.1. The monoisotopic (exact) mass is 596 g/mol. The third kappa shape index (κ3) is 6.23. The average Bonchev–Trinajstić information content (AvgIpc) is 3.26. The molecular formula is C26H11F11O4. The van der Waals surface area contributed by atoms with Gasteiger partial charge in [0.1, 0.15) is 0 Å². The fraction of sp³-hybridized carbons (Fsp3) is 0.0769. The quantitative estimate of drug-likeness (QED) is 0.211. The van der Waals surface area contributed by atoms with Gasteiger partial charge in [-0.25, -0.2) is 13.2 Å². The molecule has 5 aromatic rings. The lowest BCUT2D eigenvalue weighted by Crippen LogP contribution is -2.18. The minimum atomic E-state index is -5.15. The van der Waals surface area contributed by atoms with Crippen LogP contribution >= 0.6 is 0 Å². The van der Waals surface area contributed by atoms with Gasteiger partial charge in [-0.1, -0.05) is 24.3 Å². The number of fused-ring (bicyclic) bond motifs is 3. The molecule has 4 aromatic carbocycles. The maximum absolute atomic E-state index is 13.9. The summed E-state index contributed by atoms with van der Waals surface area (Å²) >= 11 is 0. The fourth-order valence-corrected chi connectivity index (χ4v) is 3.66. The average molecular weight is 596 g/mol. The number of para-hydroxylation sites is 1. The fourth-order valence-electron chi connectivity index (χ4n) is 3.66. The summed E-state index contributed by atoms with van der Waals surface area (Å²) in [6, 6.07) is 10.3. The summed E-state index contributed by atoms with van der Waals surface area (Å²) in [5.41, 5.74) is -1.69. The molecule has 0 saturated carbocycles. The summed E-state index contributed by atoms with van der Waals surface area (Å²) < 4.78 is 152. The van der Waals surface area contributed by atoms with E-state index in [0.717, 1.165) is 36.4 Å². The molecule has 0 saturated heterocycles. The van der Waals surface area contributed by atoms with Crippen molar-refractivity contribution in [1.82, 2.24) is 0 Å². The lowest BCUT2D eigenvalue weighted by Gasteiger charge is -2.13. The number of rotatable bonds is 3. The second kappa shape index (κ2) is 10.7. The van der Waals surface area contributed by atoms with Crippen LogP contribution in [0.3, 0.4) is 0 Å². The normalized spacial score (nSPS) is 11.9. The largest absolute Gasteiger partial charge is 0.573 e. The standard InChI is InChI=1S/C13H6F6O2.C13H5F5O2/c14-8-3-1-2-6(10(8)15)7-4-5-9(11(16)12(7)20)21-13(17,18)19;14-8-3-1-2-6-7-4-5-9(20-13(16,17)18)10(15)12(7)19-11(6)8/h1-5,20H;1-5H. The van der Waals surface area contributed by atoms with Gasteiger partial charge in [0.05, 0.1) is 0 Å². The Balaban J connectivity index is 0.000000189. The number of furan rings is 1. The third-order valence-corrected chi connectivity index (χ3v) is 5.30. The van der Waals surface area contributed by atoms with Gasteiger partial charge in [-0.3, -0.25) is 0 Å². The van der Waals surface area contributed by atoms with Crippen LogP contribution in [0.5, 0.6) is 17.2 Å². The Labute approximate surface area is 220 Å². The van der Waals surface area contributed by atoms with Crippen LogP contribution in [0, 0.1) is 29.1 Å². The summed E-state index contributed by atoms with van der Waals surface area (Å²) in [4.78, 5) is 0. The molecule has 5 rings (SSSR count). The van der Waals surface area contributed by atoms with Gasteiger partial charge in [-0.15, -0.1) is 26.3 Å². The van der Waals surface area contributed by atoms with Crippen LogP contribution < -0.4 is 9.47 Å². The molecule has 0 fully saturated rings. The van der Waals surface area contributed by atoms with Gasteiger partial charge in [0, 0.05) is 21.9 Å². The molecule has 0 aliphatic heterocycles. The van der Waals surface area contributed by atoms with Crippen molar-refractivity contribution in [1.29, 1.82) is 0 Å². The van der Waals surface area contributed by atoms with E-state index < -0.39 is 75.8 Å². The maximum Gasteiger partial charge on any atom is 0.573 e. The van der Waals surface area contributed by atoms with Gasteiger partial charge >= 0.3 is 12.7 Å². The van der Waals surface area contributed by atoms with E-state index in [1.165, 1.54) is 18.2 Å². The van der Waals surface area contributed by atoms with Crippen molar-refractivity contribution in [3.63, 3.8) is 0 Å². The van der Waals surface area contributed by atoms with Gasteiger partial charge < -0.3 is 19.0 Å². The Morgan fingerprint density at radius 3 is 1.71 bits per heavy atom. The maximum atomic E-state index is 13.9. The van der Waals surface area contributed by atoms with Gasteiger partial charge in [-0.2, -0.15) is 8.78 Å². The van der Waals surface area contributed by atoms with Crippen molar-refractivity contribution in [3.8, 4) is 28.4 Å². The highest BCUT2D eigenvalue weighted by Crippen LogP contribution is 2.39. The predicted octanol–water partition coefficient (Wildman–Crippen LogP) is 9.14. The summed E-state index contributed by atoms with van der Waals surface area (Å²) in [7, 11) is 0. The second-order valence-electron chi connectivity index (χ2n) is 7.94. The van der Waals surface area contributed by atoms with E-state index in [-0.39, 0.29) is 16.4 Å². The van der Waals surface area contributed by atoms with Crippen LogP contribution in [-0.4, -0.2) is 17.8 Å². The third-order valence-electron chi connectivity index (χ3n) is 5.30. The van der Waals surface area contributed by atoms with Crippen molar-refractivity contribution >= 4 is 21.9 Å². The van der Waals surface area contributed by atoms with E-state index >= 15 is 0 Å². The molecule has 216 valence electrons. The van der Waals surface area contributed by atoms with Crippen molar-refractivity contribution in [2.24, 2.45) is 0 Å². The molecule has 0 aliphatic rings. The molecule has 0 bridgehead atoms. The number of alkyl halides is 6. The Hall–Kier alpha value is -4.69. The molecule has 15 heteroatoms. The van der Waals surface area contributed by atoms with Crippen LogP contribution in [-0.2, 0) is 0 Å². The highest BCUT2D eigenvalue weighted by Gasteiger charge is 2.34. The number of hydrogen-bond acceptors (Lipinski definition) is 4. The Kier molecular flexibility index (Phi) is 7.65. The molecule has 0 radical (unpaired) electrons. The first-order valence-electron chi connectivity index (χ1n) is 10.8. The summed E-state index contributed by atoms with van der Waals surface area (Å²) in [5, 5.41) is 9.98. The van der Waals surface area contributed by atoms with E-state index in [1.807, 2.05) is 0 Å². The zero-order valence-electron chi connectivity index (χ0n) is 19.6. The second-order valence-corrected chi connectivity index (χ2v) is 7.94. The minimum absolute atomic E-state index is 0.173. The Morgan fingerprint density at radius 1 is 0.537 bits per heavy atom. The molecule has 0 unspecified atom stereocenters. The molecule has 4 nitrogen and oxygen atoms in total. The zero-order valence-corrected chi connectivity index (χ0v) is 19.6. The van der Waals surface area contributed by atoms with Gasteiger partial charge in [-0.05, 0) is 36.4 Å². The lowest BCUT2D eigenvalue weighted by atomic mass is 10.0. The van der Waals surface area contributed by atoms with Gasteiger partial charge in [0.25, 0.3) is 0 Å². The number of ether oxygens (including phenoxy) is 2. The molecule has 0 spiro atoms. The van der Waals surface area contributed by atoms with Gasteiger partial charge in [0.15, 0.2) is 45.9 Å². The highest BCUT2D eigenvalue weighted by atomic mass is 19.4. The number of aromatic hydroxyl groups is 1.